The molecule has 1 aromatic carbocycles. The van der Waals surface area contributed by atoms with E-state index in [1.807, 2.05) is 14.1 Å². The average Bonchev–Trinajstić information content (AvgIpc) is 3.09. The lowest BCUT2D eigenvalue weighted by atomic mass is 10.1. The monoisotopic (exact) mass is 430 g/mol. The maximum absolute atomic E-state index is 12.3. The number of nitrogens with two attached hydrogens (primary N) is 1. The van der Waals surface area contributed by atoms with E-state index in [-0.39, 0.29) is 17.3 Å². The fourth-order valence-corrected chi connectivity index (χ4v) is 3.17. The molecule has 158 valence electrons. The number of carbonyl (C=O) groups excluding carboxylic acids is 1. The van der Waals surface area contributed by atoms with Gasteiger partial charge in [-0.15, -0.1) is 0 Å². The molecular formula is C18H22N8O3S. The standard InChI is InChI=1S/C18H22N8O3S/c1-25(2)11-24-17-16-18(22-10-21-17)26(12-23-16)9-15(27)20-8-7-13-3-5-14(6-4-13)30(19,28)29/h3-6,10-12H,7-9H2,1-2H3,(H,20,27)(H2,19,28,29). The zero-order chi connectivity index (χ0) is 21.7. The highest BCUT2D eigenvalue weighted by Gasteiger charge is 2.12. The fourth-order valence-electron chi connectivity index (χ4n) is 2.65. The Balaban J connectivity index is 1.59. The van der Waals surface area contributed by atoms with E-state index in [1.165, 1.54) is 24.8 Å². The van der Waals surface area contributed by atoms with E-state index in [4.69, 9.17) is 5.14 Å². The van der Waals surface area contributed by atoms with Crippen LogP contribution in [0.3, 0.4) is 0 Å². The number of hydrogen-bond acceptors (Lipinski definition) is 7. The maximum Gasteiger partial charge on any atom is 0.240 e. The summed E-state index contributed by atoms with van der Waals surface area (Å²) in [6, 6.07) is 6.23. The lowest BCUT2D eigenvalue weighted by molar-refractivity contribution is -0.121. The number of nitrogens with zero attached hydrogens (tertiary/aromatic N) is 6. The van der Waals surface area contributed by atoms with Crippen LogP contribution in [0, 0.1) is 0 Å². The smallest absolute Gasteiger partial charge is 0.240 e. The summed E-state index contributed by atoms with van der Waals surface area (Å²) in [6.45, 7) is 0.447. The first-order valence-electron chi connectivity index (χ1n) is 8.99. The second-order valence-electron chi connectivity index (χ2n) is 6.74. The number of fused-ring (bicyclic) bond motifs is 1. The van der Waals surface area contributed by atoms with E-state index in [1.54, 1.807) is 27.9 Å². The summed E-state index contributed by atoms with van der Waals surface area (Å²) in [5, 5.41) is 7.90. The van der Waals surface area contributed by atoms with Gasteiger partial charge in [0.2, 0.25) is 15.9 Å². The van der Waals surface area contributed by atoms with Gasteiger partial charge in [-0.3, -0.25) is 4.79 Å². The van der Waals surface area contributed by atoms with E-state index < -0.39 is 10.0 Å². The van der Waals surface area contributed by atoms with Crippen LogP contribution >= 0.6 is 0 Å². The molecule has 3 rings (SSSR count). The molecule has 0 spiro atoms. The predicted octanol–water partition coefficient (Wildman–Crippen LogP) is 0.0540. The summed E-state index contributed by atoms with van der Waals surface area (Å²) in [5.41, 5.74) is 1.91. The van der Waals surface area contributed by atoms with E-state index in [2.05, 4.69) is 25.3 Å². The van der Waals surface area contributed by atoms with Crippen LogP contribution in [0.1, 0.15) is 5.56 Å². The third-order valence-electron chi connectivity index (χ3n) is 4.09. The van der Waals surface area contributed by atoms with Crippen LogP contribution in [0.15, 0.2) is 46.8 Å². The molecular weight excluding hydrogens is 408 g/mol. The minimum Gasteiger partial charge on any atom is -0.369 e. The van der Waals surface area contributed by atoms with Crippen molar-refractivity contribution in [2.75, 3.05) is 20.6 Å². The van der Waals surface area contributed by atoms with Crippen LogP contribution in [-0.4, -0.2) is 65.7 Å². The van der Waals surface area contributed by atoms with Gasteiger partial charge >= 0.3 is 0 Å². The summed E-state index contributed by atoms with van der Waals surface area (Å²) in [4.78, 5) is 31.0. The number of aliphatic imine (C=N–C) groups is 1. The van der Waals surface area contributed by atoms with Crippen LogP contribution in [0.2, 0.25) is 0 Å². The molecule has 0 bridgehead atoms. The Morgan fingerprint density at radius 1 is 1.23 bits per heavy atom. The number of hydrogen-bond donors (Lipinski definition) is 2. The van der Waals surface area contributed by atoms with Crippen LogP contribution in [0.4, 0.5) is 5.82 Å². The molecule has 0 aliphatic carbocycles. The summed E-state index contributed by atoms with van der Waals surface area (Å²) in [7, 11) is -0.0185. The highest BCUT2D eigenvalue weighted by atomic mass is 32.2. The first kappa shape index (κ1) is 21.3. The van der Waals surface area contributed by atoms with Crippen LogP contribution < -0.4 is 10.5 Å². The van der Waals surface area contributed by atoms with Crippen molar-refractivity contribution in [1.82, 2.24) is 29.7 Å². The lowest BCUT2D eigenvalue weighted by Crippen LogP contribution is -2.29. The molecule has 3 aromatic rings. The molecule has 12 heteroatoms. The Bertz CT molecular complexity index is 1170. The number of carbonyl (C=O) groups is 1. The predicted molar refractivity (Wildman–Crippen MR) is 112 cm³/mol. The van der Waals surface area contributed by atoms with Gasteiger partial charge < -0.3 is 14.8 Å². The summed E-state index contributed by atoms with van der Waals surface area (Å²) in [6.07, 6.45) is 5.07. The highest BCUT2D eigenvalue weighted by molar-refractivity contribution is 7.89. The molecule has 0 unspecified atom stereocenters. The molecule has 0 aliphatic rings. The van der Waals surface area contributed by atoms with Gasteiger partial charge in [-0.25, -0.2) is 33.5 Å². The number of amides is 1. The molecule has 3 N–H and O–H groups in total. The number of imidazole rings is 1. The molecule has 11 nitrogen and oxygen atoms in total. The minimum absolute atomic E-state index is 0.0503. The van der Waals surface area contributed by atoms with Gasteiger partial charge in [0.1, 0.15) is 12.9 Å². The van der Waals surface area contributed by atoms with Crippen LogP contribution in [0.25, 0.3) is 11.2 Å². The van der Waals surface area contributed by atoms with Crippen molar-refractivity contribution >= 4 is 39.3 Å². The van der Waals surface area contributed by atoms with Crippen molar-refractivity contribution in [3.63, 3.8) is 0 Å². The number of nitrogens with one attached hydrogen (secondary N) is 1. The van der Waals surface area contributed by atoms with E-state index in [0.717, 1.165) is 5.56 Å². The Morgan fingerprint density at radius 2 is 1.97 bits per heavy atom. The van der Waals surface area contributed by atoms with E-state index in [9.17, 15) is 13.2 Å². The molecule has 0 radical (unpaired) electrons. The molecule has 1 amide bonds. The van der Waals surface area contributed by atoms with E-state index >= 15 is 0 Å². The van der Waals surface area contributed by atoms with E-state index in [0.29, 0.717) is 29.9 Å². The molecule has 2 heterocycles. The summed E-state index contributed by atoms with van der Waals surface area (Å²) >= 11 is 0. The third kappa shape index (κ3) is 5.36. The second kappa shape index (κ2) is 8.97. The van der Waals surface area contributed by atoms with Gasteiger partial charge in [0.15, 0.2) is 17.0 Å². The quantitative estimate of drug-likeness (QED) is 0.379. The Morgan fingerprint density at radius 3 is 2.63 bits per heavy atom. The van der Waals surface area contributed by atoms with Gasteiger partial charge in [0, 0.05) is 20.6 Å². The molecule has 0 saturated heterocycles. The fraction of sp³-hybridized carbons (Fsp3) is 0.278. The zero-order valence-corrected chi connectivity index (χ0v) is 17.4. The highest BCUT2D eigenvalue weighted by Crippen LogP contribution is 2.19. The van der Waals surface area contributed by atoms with Gasteiger partial charge in [-0.05, 0) is 24.1 Å². The van der Waals surface area contributed by atoms with Crippen molar-refractivity contribution in [3.05, 3.63) is 42.5 Å². The zero-order valence-electron chi connectivity index (χ0n) is 16.6. The lowest BCUT2D eigenvalue weighted by Gasteiger charge is -2.07. The Kier molecular flexibility index (Phi) is 6.37. The molecule has 30 heavy (non-hydrogen) atoms. The van der Waals surface area contributed by atoms with Crippen molar-refractivity contribution in [2.24, 2.45) is 10.1 Å². The van der Waals surface area contributed by atoms with Crippen LogP contribution in [-0.2, 0) is 27.8 Å². The maximum atomic E-state index is 12.3. The average molecular weight is 430 g/mol. The number of aromatic nitrogens is 4. The molecule has 0 aliphatic heterocycles. The number of sulfonamides is 1. The third-order valence-corrected chi connectivity index (χ3v) is 5.02. The second-order valence-corrected chi connectivity index (χ2v) is 8.30. The van der Waals surface area contributed by atoms with Gasteiger partial charge in [0.05, 0.1) is 17.6 Å². The first-order chi connectivity index (χ1) is 14.2. The minimum atomic E-state index is -3.71. The Hall–Kier alpha value is -3.38. The molecule has 0 saturated carbocycles. The van der Waals surface area contributed by atoms with Gasteiger partial charge in [0.25, 0.3) is 0 Å². The summed E-state index contributed by atoms with van der Waals surface area (Å²) in [5.74, 6) is 0.225. The number of benzene rings is 1. The summed E-state index contributed by atoms with van der Waals surface area (Å²) < 4.78 is 24.2. The number of rotatable bonds is 8. The molecule has 0 fully saturated rings. The van der Waals surface area contributed by atoms with Gasteiger partial charge in [-0.1, -0.05) is 12.1 Å². The first-order valence-corrected chi connectivity index (χ1v) is 10.5. The number of primary sulfonamides is 1. The van der Waals surface area contributed by atoms with Crippen molar-refractivity contribution in [1.29, 1.82) is 0 Å². The SMILES string of the molecule is CN(C)C=Nc1ncnc2c1ncn2CC(=O)NCCc1ccc(S(N)(=O)=O)cc1. The molecule has 0 atom stereocenters. The topological polar surface area (TPSA) is 148 Å². The molecule has 2 aromatic heterocycles. The largest absolute Gasteiger partial charge is 0.369 e. The normalized spacial score (nSPS) is 11.8. The van der Waals surface area contributed by atoms with Crippen LogP contribution in [0.5, 0.6) is 0 Å². The van der Waals surface area contributed by atoms with Crippen molar-refractivity contribution in [3.8, 4) is 0 Å². The van der Waals surface area contributed by atoms with Crippen molar-refractivity contribution < 1.29 is 13.2 Å². The van der Waals surface area contributed by atoms with Crippen molar-refractivity contribution in [2.45, 2.75) is 17.9 Å². The van der Waals surface area contributed by atoms with Gasteiger partial charge in [-0.2, -0.15) is 0 Å². The Labute approximate surface area is 173 Å².